The highest BCUT2D eigenvalue weighted by molar-refractivity contribution is 9.10. The first-order valence-corrected chi connectivity index (χ1v) is 8.41. The van der Waals surface area contributed by atoms with Crippen molar-refractivity contribution in [2.45, 2.75) is 45.6 Å². The van der Waals surface area contributed by atoms with E-state index in [0.29, 0.717) is 0 Å². The second kappa shape index (κ2) is 5.96. The number of hydrogen-bond donors (Lipinski definition) is 1. The molecular weight excluding hydrogens is 332 g/mol. The minimum atomic E-state index is -0.0241. The van der Waals surface area contributed by atoms with Crippen molar-refractivity contribution in [2.75, 3.05) is 0 Å². The molecule has 0 aliphatic rings. The summed E-state index contributed by atoms with van der Waals surface area (Å²) in [5, 5.41) is 3.25. The zero-order valence-corrected chi connectivity index (χ0v) is 14.8. The van der Waals surface area contributed by atoms with Crippen LogP contribution in [0.3, 0.4) is 0 Å². The van der Waals surface area contributed by atoms with E-state index in [9.17, 15) is 0 Å². The lowest BCUT2D eigenvalue weighted by molar-refractivity contribution is 0.569. The Bertz CT molecular complexity index is 599. The third-order valence-corrected chi connectivity index (χ3v) is 4.83. The first-order chi connectivity index (χ1) is 9.27. The number of rotatable bonds is 3. The van der Waals surface area contributed by atoms with Gasteiger partial charge in [0.15, 0.2) is 0 Å². The van der Waals surface area contributed by atoms with Crippen LogP contribution in [-0.4, -0.2) is 4.98 Å². The number of nitrogens with zero attached hydrogens (tertiary/aromatic N) is 1. The van der Waals surface area contributed by atoms with Gasteiger partial charge < -0.3 is 5.73 Å². The van der Waals surface area contributed by atoms with Crippen molar-refractivity contribution < 1.29 is 0 Å². The largest absolute Gasteiger partial charge is 0.324 e. The Labute approximate surface area is 133 Å². The van der Waals surface area contributed by atoms with Crippen molar-refractivity contribution >= 4 is 27.3 Å². The molecule has 0 fully saturated rings. The van der Waals surface area contributed by atoms with Crippen molar-refractivity contribution in [3.63, 3.8) is 0 Å². The lowest BCUT2D eigenvalue weighted by Crippen LogP contribution is -2.15. The van der Waals surface area contributed by atoms with E-state index in [1.807, 2.05) is 0 Å². The molecule has 0 aliphatic heterocycles. The predicted octanol–water partition coefficient (Wildman–Crippen LogP) is 4.75. The fourth-order valence-corrected chi connectivity index (χ4v) is 3.85. The Morgan fingerprint density at radius 3 is 2.60 bits per heavy atom. The molecule has 2 rings (SSSR count). The maximum atomic E-state index is 6.33. The van der Waals surface area contributed by atoms with Gasteiger partial charge in [-0.15, -0.1) is 11.3 Å². The molecule has 1 aromatic heterocycles. The number of aromatic nitrogens is 1. The van der Waals surface area contributed by atoms with Gasteiger partial charge in [0, 0.05) is 27.7 Å². The monoisotopic (exact) mass is 352 g/mol. The molecule has 0 aliphatic carbocycles. The van der Waals surface area contributed by atoms with E-state index in [1.54, 1.807) is 11.3 Å². The molecule has 2 aromatic rings. The van der Waals surface area contributed by atoms with Crippen LogP contribution in [0.1, 0.15) is 48.6 Å². The third-order valence-electron chi connectivity index (χ3n) is 3.27. The number of thiazole rings is 1. The highest BCUT2D eigenvalue weighted by Gasteiger charge is 2.19. The number of halogens is 1. The molecule has 0 spiro atoms. The molecule has 4 heteroatoms. The van der Waals surface area contributed by atoms with E-state index < -0.39 is 0 Å². The van der Waals surface area contributed by atoms with Gasteiger partial charge in [-0.25, -0.2) is 4.98 Å². The second-order valence-corrected chi connectivity index (χ2v) is 8.01. The van der Waals surface area contributed by atoms with E-state index in [2.05, 4.69) is 67.2 Å². The maximum absolute atomic E-state index is 6.33. The smallest absolute Gasteiger partial charge is 0.0947 e. The molecule has 0 saturated heterocycles. The Kier molecular flexibility index (Phi) is 4.67. The average Bonchev–Trinajstić information content (AvgIpc) is 2.76. The van der Waals surface area contributed by atoms with E-state index in [0.717, 1.165) is 27.2 Å². The quantitative estimate of drug-likeness (QED) is 0.865. The lowest BCUT2D eigenvalue weighted by Gasteiger charge is -2.15. The van der Waals surface area contributed by atoms with Crippen LogP contribution in [0.4, 0.5) is 0 Å². The van der Waals surface area contributed by atoms with Crippen LogP contribution in [-0.2, 0) is 11.8 Å². The summed E-state index contributed by atoms with van der Waals surface area (Å²) in [5.74, 6) is 0. The predicted molar refractivity (Wildman–Crippen MR) is 90.3 cm³/mol. The van der Waals surface area contributed by atoms with Gasteiger partial charge >= 0.3 is 0 Å². The van der Waals surface area contributed by atoms with Crippen LogP contribution in [0, 0.1) is 6.92 Å². The molecule has 1 heterocycles. The van der Waals surface area contributed by atoms with Crippen LogP contribution in [0.15, 0.2) is 28.1 Å². The lowest BCUT2D eigenvalue weighted by atomic mass is 9.93. The summed E-state index contributed by atoms with van der Waals surface area (Å²) >= 11 is 5.30. The third kappa shape index (κ3) is 3.68. The molecule has 1 atom stereocenters. The van der Waals surface area contributed by atoms with Crippen molar-refractivity contribution in [3.05, 3.63) is 49.9 Å². The van der Waals surface area contributed by atoms with Gasteiger partial charge in [-0.2, -0.15) is 0 Å². The summed E-state index contributed by atoms with van der Waals surface area (Å²) in [6, 6.07) is 6.28. The summed E-state index contributed by atoms with van der Waals surface area (Å²) < 4.78 is 1.08. The van der Waals surface area contributed by atoms with Crippen LogP contribution >= 0.6 is 27.3 Å². The summed E-state index contributed by atoms with van der Waals surface area (Å²) in [5.41, 5.74) is 9.95. The first-order valence-electron chi connectivity index (χ1n) is 6.74. The Morgan fingerprint density at radius 1 is 1.35 bits per heavy atom. The second-order valence-electron chi connectivity index (χ2n) is 6.21. The first kappa shape index (κ1) is 15.7. The van der Waals surface area contributed by atoms with Crippen LogP contribution < -0.4 is 5.73 Å². The normalized spacial score (nSPS) is 13.5. The van der Waals surface area contributed by atoms with Gasteiger partial charge in [0.1, 0.15) is 0 Å². The average molecular weight is 353 g/mol. The van der Waals surface area contributed by atoms with E-state index >= 15 is 0 Å². The molecule has 1 aromatic carbocycles. The number of aryl methyl sites for hydroxylation is 1. The van der Waals surface area contributed by atoms with Gasteiger partial charge in [-0.3, -0.25) is 0 Å². The van der Waals surface area contributed by atoms with E-state index in [4.69, 9.17) is 10.7 Å². The van der Waals surface area contributed by atoms with Gasteiger partial charge in [0.25, 0.3) is 0 Å². The summed E-state index contributed by atoms with van der Waals surface area (Å²) in [4.78, 5) is 4.72. The minimum absolute atomic E-state index is 0.0241. The Hall–Kier alpha value is -0.710. The molecule has 2 nitrogen and oxygen atoms in total. The van der Waals surface area contributed by atoms with Gasteiger partial charge in [-0.05, 0) is 24.1 Å². The van der Waals surface area contributed by atoms with Crippen molar-refractivity contribution in [1.82, 2.24) is 4.98 Å². The summed E-state index contributed by atoms with van der Waals surface area (Å²) in [6.07, 6.45) is 0.780. The highest BCUT2D eigenvalue weighted by Crippen LogP contribution is 2.28. The zero-order valence-electron chi connectivity index (χ0n) is 12.4. The van der Waals surface area contributed by atoms with E-state index in [1.165, 1.54) is 5.56 Å². The molecule has 1 unspecified atom stereocenters. The fourth-order valence-electron chi connectivity index (χ4n) is 1.98. The topological polar surface area (TPSA) is 38.9 Å². The molecule has 108 valence electrons. The Morgan fingerprint density at radius 2 is 2.05 bits per heavy atom. The van der Waals surface area contributed by atoms with Gasteiger partial charge in [0.2, 0.25) is 0 Å². The highest BCUT2D eigenvalue weighted by atomic mass is 79.9. The SMILES string of the molecule is Cc1ccc(C(N)Cc2nc(C(C)(C)C)cs2)c(Br)c1. The van der Waals surface area contributed by atoms with Crippen LogP contribution in [0.2, 0.25) is 0 Å². The zero-order chi connectivity index (χ0) is 14.9. The number of hydrogen-bond acceptors (Lipinski definition) is 3. The van der Waals surface area contributed by atoms with Crippen molar-refractivity contribution in [3.8, 4) is 0 Å². The molecule has 0 radical (unpaired) electrons. The standard InChI is InChI=1S/C16H21BrN2S/c1-10-5-6-11(12(17)7-10)13(18)8-15-19-14(9-20-15)16(2,3)4/h5-7,9,13H,8,18H2,1-4H3. The molecular formula is C16H21BrN2S. The molecule has 0 saturated carbocycles. The van der Waals surface area contributed by atoms with Crippen LogP contribution in [0.5, 0.6) is 0 Å². The molecule has 0 bridgehead atoms. The van der Waals surface area contributed by atoms with Gasteiger partial charge in [0.05, 0.1) is 10.7 Å². The molecule has 20 heavy (non-hydrogen) atoms. The van der Waals surface area contributed by atoms with Crippen molar-refractivity contribution in [1.29, 1.82) is 0 Å². The molecule has 2 N–H and O–H groups in total. The molecule has 0 amide bonds. The maximum Gasteiger partial charge on any atom is 0.0947 e. The number of nitrogens with two attached hydrogens (primary N) is 1. The van der Waals surface area contributed by atoms with Crippen molar-refractivity contribution in [2.24, 2.45) is 5.73 Å². The van der Waals surface area contributed by atoms with Crippen LogP contribution in [0.25, 0.3) is 0 Å². The van der Waals surface area contributed by atoms with E-state index in [-0.39, 0.29) is 11.5 Å². The number of benzene rings is 1. The minimum Gasteiger partial charge on any atom is -0.324 e. The summed E-state index contributed by atoms with van der Waals surface area (Å²) in [6.45, 7) is 8.63. The Balaban J connectivity index is 2.15. The fraction of sp³-hybridized carbons (Fsp3) is 0.438. The van der Waals surface area contributed by atoms with Gasteiger partial charge in [-0.1, -0.05) is 48.8 Å². The summed E-state index contributed by atoms with van der Waals surface area (Å²) in [7, 11) is 0.